The standard InChI is InChI=1S/C32H53ClN2O4/c1-3-39-20-17-34-24-27(21-26-11-5-4-6-12-26)22-31(36)35-18-10-14-29(25-35)32(37,16-7-8-19-38-2)28-13-9-15-30(33)23-28/h9,13,15,23,26-27,29,34,37H,3-8,10-12,14,16-22,24-25H2,1-2H3/t27-,29-,32-/m1/s1. The zero-order valence-corrected chi connectivity index (χ0v) is 25.2. The fourth-order valence-electron chi connectivity index (χ4n) is 6.68. The summed E-state index contributed by atoms with van der Waals surface area (Å²) < 4.78 is 10.7. The number of methoxy groups -OCH3 is 1. The van der Waals surface area contributed by atoms with E-state index in [0.29, 0.717) is 43.5 Å². The third-order valence-corrected chi connectivity index (χ3v) is 9.08. The number of benzene rings is 1. The van der Waals surface area contributed by atoms with Crippen molar-refractivity contribution in [2.24, 2.45) is 17.8 Å². The minimum absolute atomic E-state index is 0.0164. The van der Waals surface area contributed by atoms with Crippen molar-refractivity contribution in [1.29, 1.82) is 0 Å². The van der Waals surface area contributed by atoms with Crippen LogP contribution in [0.2, 0.25) is 5.02 Å². The van der Waals surface area contributed by atoms with Gasteiger partial charge in [-0.1, -0.05) is 55.8 Å². The molecule has 3 rings (SSSR count). The first-order chi connectivity index (χ1) is 19.0. The van der Waals surface area contributed by atoms with E-state index >= 15 is 0 Å². The second kappa shape index (κ2) is 17.6. The normalized spacial score (nSPS) is 21.0. The summed E-state index contributed by atoms with van der Waals surface area (Å²) in [5, 5.41) is 16.3. The van der Waals surface area contributed by atoms with E-state index in [1.54, 1.807) is 7.11 Å². The maximum atomic E-state index is 13.7. The Bertz CT molecular complexity index is 834. The summed E-state index contributed by atoms with van der Waals surface area (Å²) >= 11 is 6.35. The van der Waals surface area contributed by atoms with Gasteiger partial charge >= 0.3 is 0 Å². The Balaban J connectivity index is 1.66. The lowest BCUT2D eigenvalue weighted by molar-refractivity contribution is -0.138. The molecule has 0 aromatic heterocycles. The van der Waals surface area contributed by atoms with Gasteiger partial charge in [0.1, 0.15) is 0 Å². The quantitative estimate of drug-likeness (QED) is 0.221. The molecular formula is C32H53ClN2O4. The summed E-state index contributed by atoms with van der Waals surface area (Å²) in [6.45, 7) is 7.20. The lowest BCUT2D eigenvalue weighted by Gasteiger charge is -2.43. The number of rotatable bonds is 17. The van der Waals surface area contributed by atoms with Gasteiger partial charge in [0.05, 0.1) is 12.2 Å². The minimum Gasteiger partial charge on any atom is -0.385 e. The molecule has 0 spiro atoms. The predicted octanol–water partition coefficient (Wildman–Crippen LogP) is 6.19. The van der Waals surface area contributed by atoms with Crippen molar-refractivity contribution < 1.29 is 19.4 Å². The maximum absolute atomic E-state index is 13.7. The first-order valence-electron chi connectivity index (χ1n) is 15.5. The lowest BCUT2D eigenvalue weighted by atomic mass is 9.74. The zero-order valence-electron chi connectivity index (χ0n) is 24.5. The molecule has 1 saturated carbocycles. The van der Waals surface area contributed by atoms with E-state index in [-0.39, 0.29) is 11.8 Å². The van der Waals surface area contributed by atoms with Crippen LogP contribution in [0, 0.1) is 17.8 Å². The van der Waals surface area contributed by atoms with Crippen LogP contribution < -0.4 is 5.32 Å². The molecule has 39 heavy (non-hydrogen) atoms. The predicted molar refractivity (Wildman–Crippen MR) is 159 cm³/mol. The van der Waals surface area contributed by atoms with E-state index < -0.39 is 5.60 Å². The highest BCUT2D eigenvalue weighted by Crippen LogP contribution is 2.41. The average Bonchev–Trinajstić information content (AvgIpc) is 2.95. The number of nitrogens with one attached hydrogen (secondary N) is 1. The molecule has 0 bridgehead atoms. The van der Waals surface area contributed by atoms with E-state index in [1.807, 2.05) is 36.1 Å². The first kappa shape index (κ1) is 32.3. The molecule has 6 nitrogen and oxygen atoms in total. The van der Waals surface area contributed by atoms with Gasteiger partial charge in [0.25, 0.3) is 0 Å². The zero-order chi connectivity index (χ0) is 27.9. The minimum atomic E-state index is -1.01. The number of halogens is 1. The summed E-state index contributed by atoms with van der Waals surface area (Å²) in [6.07, 6.45) is 12.5. The molecule has 3 atom stereocenters. The fourth-order valence-corrected chi connectivity index (χ4v) is 6.87. The molecule has 1 aliphatic heterocycles. The molecule has 0 unspecified atom stereocenters. The topological polar surface area (TPSA) is 71.0 Å². The Kier molecular flexibility index (Phi) is 14.6. The van der Waals surface area contributed by atoms with Crippen LogP contribution in [-0.2, 0) is 19.9 Å². The number of carbonyl (C=O) groups excluding carboxylic acids is 1. The molecule has 1 aromatic carbocycles. The molecule has 7 heteroatoms. The molecule has 2 aliphatic rings. The monoisotopic (exact) mass is 564 g/mol. The number of hydrogen-bond acceptors (Lipinski definition) is 5. The molecule has 1 aliphatic carbocycles. The second-order valence-electron chi connectivity index (χ2n) is 11.8. The smallest absolute Gasteiger partial charge is 0.222 e. The number of nitrogens with zero attached hydrogens (tertiary/aromatic N) is 1. The van der Waals surface area contributed by atoms with Crippen molar-refractivity contribution in [2.45, 2.75) is 89.6 Å². The van der Waals surface area contributed by atoms with Gasteiger partial charge < -0.3 is 24.8 Å². The largest absolute Gasteiger partial charge is 0.385 e. The van der Waals surface area contributed by atoms with Crippen LogP contribution in [0.15, 0.2) is 24.3 Å². The average molecular weight is 565 g/mol. The number of carbonyl (C=O) groups is 1. The summed E-state index contributed by atoms with van der Waals surface area (Å²) in [7, 11) is 1.71. The van der Waals surface area contributed by atoms with E-state index in [1.165, 1.54) is 32.1 Å². The molecule has 1 aromatic rings. The highest BCUT2D eigenvalue weighted by atomic mass is 35.5. The van der Waals surface area contributed by atoms with Crippen LogP contribution in [0.4, 0.5) is 0 Å². The molecular weight excluding hydrogens is 512 g/mol. The van der Waals surface area contributed by atoms with Gasteiger partial charge in [0, 0.05) is 57.3 Å². The van der Waals surface area contributed by atoms with Gasteiger partial charge in [-0.3, -0.25) is 4.79 Å². The van der Waals surface area contributed by atoms with Crippen LogP contribution in [-0.4, -0.2) is 69.0 Å². The van der Waals surface area contributed by atoms with E-state index in [9.17, 15) is 9.90 Å². The Morgan fingerprint density at radius 1 is 1.18 bits per heavy atom. The highest BCUT2D eigenvalue weighted by Gasteiger charge is 2.41. The van der Waals surface area contributed by atoms with E-state index in [0.717, 1.165) is 69.8 Å². The number of hydrogen-bond donors (Lipinski definition) is 2. The van der Waals surface area contributed by atoms with Crippen molar-refractivity contribution in [3.8, 4) is 0 Å². The van der Waals surface area contributed by atoms with Crippen molar-refractivity contribution in [1.82, 2.24) is 10.2 Å². The van der Waals surface area contributed by atoms with E-state index in [2.05, 4.69) is 5.32 Å². The fraction of sp³-hybridized carbons (Fsp3) is 0.781. The summed E-state index contributed by atoms with van der Waals surface area (Å²) in [5.74, 6) is 1.29. The van der Waals surface area contributed by atoms with Gasteiger partial charge in [0.15, 0.2) is 0 Å². The Morgan fingerprint density at radius 2 is 2.00 bits per heavy atom. The third-order valence-electron chi connectivity index (χ3n) is 8.85. The summed E-state index contributed by atoms with van der Waals surface area (Å²) in [6, 6.07) is 7.64. The van der Waals surface area contributed by atoms with Crippen LogP contribution in [0.25, 0.3) is 0 Å². The number of ether oxygens (including phenoxy) is 2. The van der Waals surface area contributed by atoms with E-state index in [4.69, 9.17) is 21.1 Å². The highest BCUT2D eigenvalue weighted by molar-refractivity contribution is 6.30. The Labute approximate surface area is 242 Å². The summed E-state index contributed by atoms with van der Waals surface area (Å²) in [4.78, 5) is 15.7. The van der Waals surface area contributed by atoms with Crippen molar-refractivity contribution in [3.05, 3.63) is 34.9 Å². The molecule has 1 heterocycles. The molecule has 2 N–H and O–H groups in total. The summed E-state index contributed by atoms with van der Waals surface area (Å²) in [5.41, 5.74) is -0.152. The van der Waals surface area contributed by atoms with Gasteiger partial charge in [0.2, 0.25) is 5.91 Å². The number of amides is 1. The van der Waals surface area contributed by atoms with Gasteiger partial charge in [-0.05, 0) is 81.5 Å². The first-order valence-corrected chi connectivity index (χ1v) is 15.9. The van der Waals surface area contributed by atoms with Gasteiger partial charge in [-0.15, -0.1) is 0 Å². The van der Waals surface area contributed by atoms with Crippen molar-refractivity contribution >= 4 is 17.5 Å². The maximum Gasteiger partial charge on any atom is 0.222 e. The Hall–Kier alpha value is -1.18. The van der Waals surface area contributed by atoms with Crippen molar-refractivity contribution in [3.63, 3.8) is 0 Å². The van der Waals surface area contributed by atoms with Crippen LogP contribution in [0.1, 0.15) is 89.5 Å². The number of unbranched alkanes of at least 4 members (excludes halogenated alkanes) is 1. The number of aliphatic hydroxyl groups is 1. The van der Waals surface area contributed by atoms with Crippen LogP contribution >= 0.6 is 11.6 Å². The second-order valence-corrected chi connectivity index (χ2v) is 12.2. The Morgan fingerprint density at radius 3 is 2.74 bits per heavy atom. The molecule has 0 radical (unpaired) electrons. The lowest BCUT2D eigenvalue weighted by Crippen LogP contribution is -2.48. The van der Waals surface area contributed by atoms with Crippen LogP contribution in [0.5, 0.6) is 0 Å². The third kappa shape index (κ3) is 10.6. The van der Waals surface area contributed by atoms with Crippen molar-refractivity contribution in [2.75, 3.05) is 53.1 Å². The SMILES string of the molecule is CCOCCNC[C@@H](CC(=O)N1CCC[C@@H]([C@@](O)(CCCCOC)c2cccc(Cl)c2)C1)CC1CCCCC1. The molecule has 2 fully saturated rings. The van der Waals surface area contributed by atoms with Gasteiger partial charge in [-0.25, -0.2) is 0 Å². The molecule has 222 valence electrons. The van der Waals surface area contributed by atoms with Crippen LogP contribution in [0.3, 0.4) is 0 Å². The molecule has 1 amide bonds. The number of likely N-dealkylation sites (tertiary alicyclic amines) is 1. The van der Waals surface area contributed by atoms with Gasteiger partial charge in [-0.2, -0.15) is 0 Å². The number of piperidine rings is 1. The molecule has 1 saturated heterocycles.